The second kappa shape index (κ2) is 10.3. The predicted octanol–water partition coefficient (Wildman–Crippen LogP) is 8.32. The number of imide groups is 1. The highest BCUT2D eigenvalue weighted by atomic mass is 79.9. The summed E-state index contributed by atoms with van der Waals surface area (Å²) in [7, 11) is 0. The molecule has 0 spiro atoms. The van der Waals surface area contributed by atoms with Gasteiger partial charge in [0.1, 0.15) is 5.52 Å². The third-order valence-electron chi connectivity index (χ3n) is 6.46. The summed E-state index contributed by atoms with van der Waals surface area (Å²) in [6.07, 6.45) is -0.0877. The Bertz CT molecular complexity index is 1820. The fraction of sp³-hybridized carbons (Fsp3) is 0.0714. The predicted molar refractivity (Wildman–Crippen MR) is 163 cm³/mol. The molecular formula is C28H15Br4N3O4. The van der Waals surface area contributed by atoms with Gasteiger partial charge in [0, 0.05) is 36.2 Å². The van der Waals surface area contributed by atoms with Gasteiger partial charge in [0.2, 0.25) is 11.8 Å². The van der Waals surface area contributed by atoms with E-state index in [2.05, 4.69) is 74.0 Å². The van der Waals surface area contributed by atoms with Crippen LogP contribution in [0.15, 0.2) is 83.0 Å². The minimum atomic E-state index is -0.470. The number of halogens is 4. The monoisotopic (exact) mass is 773 g/mol. The van der Waals surface area contributed by atoms with E-state index in [0.29, 0.717) is 46.1 Å². The van der Waals surface area contributed by atoms with Gasteiger partial charge in [-0.05, 0) is 87.3 Å². The number of oxazole rings is 1. The molecule has 6 rings (SSSR count). The van der Waals surface area contributed by atoms with E-state index in [1.165, 1.54) is 0 Å². The molecule has 0 fully saturated rings. The molecule has 1 aromatic heterocycles. The lowest BCUT2D eigenvalue weighted by atomic mass is 10.1. The molecule has 3 amide bonds. The molecule has 0 unspecified atom stereocenters. The molecule has 5 aromatic rings. The Morgan fingerprint density at radius 2 is 1.46 bits per heavy atom. The van der Waals surface area contributed by atoms with Gasteiger partial charge in [-0.3, -0.25) is 19.3 Å². The number of nitrogens with zero attached hydrogens (tertiary/aromatic N) is 2. The van der Waals surface area contributed by atoms with Crippen molar-refractivity contribution in [1.29, 1.82) is 0 Å². The van der Waals surface area contributed by atoms with Gasteiger partial charge in [-0.2, -0.15) is 0 Å². The number of carbonyl (C=O) groups excluding carboxylic acids is 3. The smallest absolute Gasteiger partial charge is 0.262 e. The first-order valence-electron chi connectivity index (χ1n) is 11.7. The molecule has 1 aliphatic heterocycles. The maximum atomic E-state index is 13.1. The molecule has 11 heteroatoms. The highest BCUT2D eigenvalue weighted by molar-refractivity contribution is 9.15. The van der Waals surface area contributed by atoms with Crippen molar-refractivity contribution in [2.45, 2.75) is 6.42 Å². The second-order valence-corrected chi connectivity index (χ2v) is 11.9. The van der Waals surface area contributed by atoms with Crippen LogP contribution in [0.4, 0.5) is 5.69 Å². The molecule has 2 heterocycles. The van der Waals surface area contributed by atoms with E-state index in [4.69, 9.17) is 4.42 Å². The van der Waals surface area contributed by atoms with Gasteiger partial charge in [-0.15, -0.1) is 0 Å². The van der Waals surface area contributed by atoms with E-state index < -0.39 is 11.8 Å². The highest BCUT2D eigenvalue weighted by Crippen LogP contribution is 2.45. The van der Waals surface area contributed by atoms with Crippen LogP contribution in [0.1, 0.15) is 27.1 Å². The Hall–Kier alpha value is -2.86. The van der Waals surface area contributed by atoms with Crippen LogP contribution < -0.4 is 5.32 Å². The van der Waals surface area contributed by atoms with Crippen LogP contribution in [-0.2, 0) is 4.79 Å². The summed E-state index contributed by atoms with van der Waals surface area (Å²) in [6, 6.07) is 19.0. The third-order valence-corrected chi connectivity index (χ3v) is 11.2. The number of hydrogen-bond donors (Lipinski definition) is 1. The summed E-state index contributed by atoms with van der Waals surface area (Å²) in [5.74, 6) is -0.921. The number of hydrogen-bond acceptors (Lipinski definition) is 5. The quantitative estimate of drug-likeness (QED) is 0.110. The summed E-state index contributed by atoms with van der Waals surface area (Å²) < 4.78 is 8.32. The molecule has 0 saturated carbocycles. The maximum Gasteiger partial charge on any atom is 0.262 e. The lowest BCUT2D eigenvalue weighted by Gasteiger charge is -2.14. The van der Waals surface area contributed by atoms with Crippen LogP contribution in [0, 0.1) is 0 Å². The fourth-order valence-corrected chi connectivity index (χ4v) is 7.03. The minimum absolute atomic E-state index is 0.0800. The van der Waals surface area contributed by atoms with Crippen LogP contribution in [-0.4, -0.2) is 34.2 Å². The number of aromatic nitrogens is 1. The third kappa shape index (κ3) is 4.45. The summed E-state index contributed by atoms with van der Waals surface area (Å²) in [5, 5.41) is 4.88. The Balaban J connectivity index is 1.23. The largest absolute Gasteiger partial charge is 0.435 e. The van der Waals surface area contributed by atoms with Crippen LogP contribution >= 0.6 is 63.7 Å². The van der Waals surface area contributed by atoms with Crippen molar-refractivity contribution < 1.29 is 18.8 Å². The molecule has 194 valence electrons. The molecule has 4 aromatic carbocycles. The van der Waals surface area contributed by atoms with Gasteiger partial charge in [-0.1, -0.05) is 42.5 Å². The molecule has 0 atom stereocenters. The summed E-state index contributed by atoms with van der Waals surface area (Å²) in [5.41, 5.74) is 3.01. The number of anilines is 1. The zero-order valence-corrected chi connectivity index (χ0v) is 26.1. The van der Waals surface area contributed by atoms with Gasteiger partial charge in [0.25, 0.3) is 11.8 Å². The van der Waals surface area contributed by atoms with Crippen molar-refractivity contribution in [3.63, 3.8) is 0 Å². The standard InChI is InChI=1S/C28H15Br4N3O4/c29-21-19-20(22(30)24(32)23(21)31)28(38)35(27(19)37)12-11-18(36)33-16-8-4-3-7-15(16)26-34-17-10-9-13-5-1-2-6-14(13)25(17)39-26/h1-10H,11-12H2,(H,33,36). The number of nitrogens with one attached hydrogen (secondary N) is 1. The molecule has 1 aliphatic rings. The number of benzene rings is 4. The fourth-order valence-electron chi connectivity index (χ4n) is 4.57. The zero-order valence-electron chi connectivity index (χ0n) is 19.7. The van der Waals surface area contributed by atoms with E-state index in [1.807, 2.05) is 48.5 Å². The van der Waals surface area contributed by atoms with Crippen LogP contribution in [0.25, 0.3) is 33.3 Å². The van der Waals surface area contributed by atoms with Crippen molar-refractivity contribution in [2.24, 2.45) is 0 Å². The topological polar surface area (TPSA) is 92.5 Å². The number of carbonyl (C=O) groups is 3. The van der Waals surface area contributed by atoms with E-state index in [1.54, 1.807) is 12.1 Å². The van der Waals surface area contributed by atoms with E-state index in [-0.39, 0.29) is 30.0 Å². The van der Waals surface area contributed by atoms with E-state index >= 15 is 0 Å². The Morgan fingerprint density at radius 3 is 2.18 bits per heavy atom. The molecule has 0 saturated heterocycles. The number of fused-ring (bicyclic) bond motifs is 4. The molecule has 0 bridgehead atoms. The second-order valence-electron chi connectivity index (χ2n) is 8.77. The summed E-state index contributed by atoms with van der Waals surface area (Å²) >= 11 is 13.6. The van der Waals surface area contributed by atoms with Crippen molar-refractivity contribution in [2.75, 3.05) is 11.9 Å². The van der Waals surface area contributed by atoms with Gasteiger partial charge >= 0.3 is 0 Å². The Morgan fingerprint density at radius 1 is 0.821 bits per heavy atom. The molecule has 1 N–H and O–H groups in total. The Kier molecular flexibility index (Phi) is 6.95. The van der Waals surface area contributed by atoms with Crippen molar-refractivity contribution in [3.8, 4) is 11.5 Å². The van der Waals surface area contributed by atoms with Gasteiger partial charge < -0.3 is 9.73 Å². The highest BCUT2D eigenvalue weighted by Gasteiger charge is 2.41. The van der Waals surface area contributed by atoms with Gasteiger partial charge in [0.15, 0.2) is 5.58 Å². The number of rotatable bonds is 5. The number of amides is 3. The van der Waals surface area contributed by atoms with Crippen LogP contribution in [0.5, 0.6) is 0 Å². The lowest BCUT2D eigenvalue weighted by Crippen LogP contribution is -2.33. The van der Waals surface area contributed by atoms with Crippen LogP contribution in [0.3, 0.4) is 0 Å². The molecule has 0 aliphatic carbocycles. The molecule has 0 radical (unpaired) electrons. The SMILES string of the molecule is O=C(CCN1C(=O)c2c(Br)c(Br)c(Br)c(Br)c2C1=O)Nc1ccccc1-c1nc2ccc3ccccc3c2o1. The number of para-hydroxylation sites is 1. The Labute approximate surface area is 255 Å². The normalized spacial score (nSPS) is 13.0. The van der Waals surface area contributed by atoms with Gasteiger partial charge in [-0.25, -0.2) is 4.98 Å². The minimum Gasteiger partial charge on any atom is -0.435 e. The van der Waals surface area contributed by atoms with Gasteiger partial charge in [0.05, 0.1) is 22.4 Å². The van der Waals surface area contributed by atoms with E-state index in [9.17, 15) is 14.4 Å². The zero-order chi connectivity index (χ0) is 27.4. The van der Waals surface area contributed by atoms with Crippen molar-refractivity contribution >= 4 is 109 Å². The molecule has 7 nitrogen and oxygen atoms in total. The van der Waals surface area contributed by atoms with Crippen LogP contribution in [0.2, 0.25) is 0 Å². The van der Waals surface area contributed by atoms with E-state index in [0.717, 1.165) is 15.7 Å². The molecule has 39 heavy (non-hydrogen) atoms. The average molecular weight is 777 g/mol. The molecular weight excluding hydrogens is 762 g/mol. The first kappa shape index (κ1) is 26.4. The van der Waals surface area contributed by atoms with Crippen molar-refractivity contribution in [3.05, 3.63) is 89.7 Å². The van der Waals surface area contributed by atoms with Crippen molar-refractivity contribution in [1.82, 2.24) is 9.88 Å². The summed E-state index contributed by atoms with van der Waals surface area (Å²) in [6.45, 7) is -0.0800. The average Bonchev–Trinajstić information content (AvgIpc) is 3.48. The first-order valence-corrected chi connectivity index (χ1v) is 14.8. The maximum absolute atomic E-state index is 13.1. The summed E-state index contributed by atoms with van der Waals surface area (Å²) in [4.78, 5) is 44.9. The lowest BCUT2D eigenvalue weighted by molar-refractivity contribution is -0.116. The first-order chi connectivity index (χ1) is 18.8.